The van der Waals surface area contributed by atoms with Gasteiger partial charge in [-0.3, -0.25) is 4.79 Å². The number of benzene rings is 2. The van der Waals surface area contributed by atoms with E-state index in [0.717, 1.165) is 16.8 Å². The minimum atomic E-state index is -4.02. The summed E-state index contributed by atoms with van der Waals surface area (Å²) in [6.07, 6.45) is 3.27. The van der Waals surface area contributed by atoms with Crippen LogP contribution in [0.15, 0.2) is 47.5 Å². The van der Waals surface area contributed by atoms with Crippen LogP contribution in [0.2, 0.25) is 0 Å². The Balaban J connectivity index is 1.65. The van der Waals surface area contributed by atoms with E-state index in [1.807, 2.05) is 6.92 Å². The Morgan fingerprint density at radius 1 is 1.12 bits per heavy atom. The van der Waals surface area contributed by atoms with Crippen molar-refractivity contribution >= 4 is 38.6 Å². The highest BCUT2D eigenvalue weighted by molar-refractivity contribution is 7.90. The van der Waals surface area contributed by atoms with E-state index in [-0.39, 0.29) is 30.6 Å². The minimum absolute atomic E-state index is 0.0174. The summed E-state index contributed by atoms with van der Waals surface area (Å²) >= 11 is 0. The van der Waals surface area contributed by atoms with E-state index in [9.17, 15) is 18.0 Å². The Morgan fingerprint density at radius 3 is 2.50 bits per heavy atom. The van der Waals surface area contributed by atoms with Gasteiger partial charge in [0.2, 0.25) is 6.79 Å². The molecule has 1 aromatic heterocycles. The molecule has 0 saturated carbocycles. The molecular weight excluding hydrogens is 462 g/mol. The molecule has 0 saturated heterocycles. The lowest BCUT2D eigenvalue weighted by Gasteiger charge is -2.10. The number of carboxylic acids is 1. The lowest BCUT2D eigenvalue weighted by molar-refractivity contribution is -0.136. The molecule has 2 heterocycles. The minimum Gasteiger partial charge on any atom is -0.481 e. The Hall–Kier alpha value is -3.73. The van der Waals surface area contributed by atoms with Gasteiger partial charge in [-0.2, -0.15) is 0 Å². The first-order valence-corrected chi connectivity index (χ1v) is 12.3. The number of fused-ring (bicyclic) bond motifs is 2. The van der Waals surface area contributed by atoms with E-state index >= 15 is 0 Å². The molecule has 0 bridgehead atoms. The van der Waals surface area contributed by atoms with Gasteiger partial charge in [-0.05, 0) is 48.7 Å². The maximum absolute atomic E-state index is 13.5. The molecule has 3 aromatic rings. The second-order valence-electron chi connectivity index (χ2n) is 7.83. The Kier molecular flexibility index (Phi) is 6.64. The van der Waals surface area contributed by atoms with Crippen molar-refractivity contribution in [1.82, 2.24) is 9.29 Å². The summed E-state index contributed by atoms with van der Waals surface area (Å²) in [5, 5.41) is 15.1. The van der Waals surface area contributed by atoms with Crippen LogP contribution >= 0.6 is 0 Å². The molecule has 0 atom stereocenters. The zero-order chi connectivity index (χ0) is 24.3. The molecule has 180 valence electrons. The van der Waals surface area contributed by atoms with Crippen molar-refractivity contribution in [2.75, 3.05) is 18.7 Å². The summed E-state index contributed by atoms with van der Waals surface area (Å²) in [7, 11) is -4.02. The number of nitrogens with one attached hydrogen (secondary N) is 2. The topological polar surface area (TPSA) is 136 Å². The van der Waals surface area contributed by atoms with E-state index in [4.69, 9.17) is 14.6 Å². The van der Waals surface area contributed by atoms with Crippen LogP contribution in [-0.4, -0.2) is 42.8 Å². The van der Waals surface area contributed by atoms with E-state index < -0.39 is 16.0 Å². The predicted molar refractivity (Wildman–Crippen MR) is 125 cm³/mol. The van der Waals surface area contributed by atoms with Crippen molar-refractivity contribution in [3.63, 3.8) is 0 Å². The summed E-state index contributed by atoms with van der Waals surface area (Å²) in [5.74, 6) is -0.0846. The van der Waals surface area contributed by atoms with Crippen LogP contribution in [0, 0.1) is 0 Å². The van der Waals surface area contributed by atoms with Crippen LogP contribution in [0.3, 0.4) is 0 Å². The van der Waals surface area contributed by atoms with Gasteiger partial charge in [0, 0.05) is 36.3 Å². The quantitative estimate of drug-likeness (QED) is 0.393. The third kappa shape index (κ3) is 4.79. The molecule has 0 aliphatic carbocycles. The maximum atomic E-state index is 13.5. The molecule has 0 fully saturated rings. The van der Waals surface area contributed by atoms with E-state index in [1.165, 1.54) is 30.5 Å². The third-order valence-electron chi connectivity index (χ3n) is 5.44. The van der Waals surface area contributed by atoms with Gasteiger partial charge in [-0.15, -0.1) is 0 Å². The molecule has 0 radical (unpaired) electrons. The first-order valence-electron chi connectivity index (χ1n) is 10.9. The van der Waals surface area contributed by atoms with Crippen LogP contribution in [0.5, 0.6) is 11.5 Å². The second kappa shape index (κ2) is 9.64. The fourth-order valence-corrected chi connectivity index (χ4v) is 5.05. The van der Waals surface area contributed by atoms with Gasteiger partial charge in [0.25, 0.3) is 10.0 Å². The van der Waals surface area contributed by atoms with Gasteiger partial charge in [0.1, 0.15) is 0 Å². The average Bonchev–Trinajstić information content (AvgIpc) is 3.41. The largest absolute Gasteiger partial charge is 0.481 e. The van der Waals surface area contributed by atoms with Crippen LogP contribution in [0.25, 0.3) is 10.9 Å². The normalized spacial score (nSPS) is 12.6. The van der Waals surface area contributed by atoms with Crippen LogP contribution in [0.4, 0.5) is 10.5 Å². The number of aryl methyl sites for hydroxylation is 1. The van der Waals surface area contributed by atoms with Crippen molar-refractivity contribution in [3.05, 3.63) is 48.2 Å². The number of anilines is 1. The van der Waals surface area contributed by atoms with E-state index in [0.29, 0.717) is 40.2 Å². The van der Waals surface area contributed by atoms with Gasteiger partial charge in [0.15, 0.2) is 11.5 Å². The number of hydrogen-bond donors (Lipinski definition) is 3. The van der Waals surface area contributed by atoms with Crippen LogP contribution < -0.4 is 20.1 Å². The Morgan fingerprint density at radius 2 is 1.82 bits per heavy atom. The van der Waals surface area contributed by atoms with Gasteiger partial charge in [0.05, 0.1) is 10.4 Å². The third-order valence-corrected chi connectivity index (χ3v) is 7.13. The molecule has 1 aliphatic heterocycles. The van der Waals surface area contributed by atoms with Crippen LogP contribution in [-0.2, 0) is 21.2 Å². The summed E-state index contributed by atoms with van der Waals surface area (Å²) < 4.78 is 38.9. The number of carbonyl (C=O) groups excluding carboxylic acids is 1. The number of rotatable bonds is 9. The van der Waals surface area contributed by atoms with Gasteiger partial charge < -0.3 is 25.2 Å². The number of aliphatic carboxylic acids is 1. The highest BCUT2D eigenvalue weighted by Gasteiger charge is 2.25. The number of carboxylic acid groups (broad SMARTS) is 1. The van der Waals surface area contributed by atoms with Gasteiger partial charge >= 0.3 is 12.0 Å². The first kappa shape index (κ1) is 23.4. The molecule has 4 rings (SSSR count). The summed E-state index contributed by atoms with van der Waals surface area (Å²) in [6, 6.07) is 8.73. The van der Waals surface area contributed by atoms with Crippen LogP contribution in [0.1, 0.15) is 31.7 Å². The number of carbonyl (C=O) groups is 2. The number of hydrogen-bond acceptors (Lipinski definition) is 6. The maximum Gasteiger partial charge on any atom is 0.319 e. The molecule has 34 heavy (non-hydrogen) atoms. The average molecular weight is 488 g/mol. The molecule has 3 N–H and O–H groups in total. The molecule has 0 spiro atoms. The van der Waals surface area contributed by atoms with Gasteiger partial charge in [-0.25, -0.2) is 17.2 Å². The molecule has 0 unspecified atom stereocenters. The molecule has 2 amide bonds. The molecule has 11 heteroatoms. The molecule has 10 nitrogen and oxygen atoms in total. The second-order valence-corrected chi connectivity index (χ2v) is 9.65. The number of aromatic nitrogens is 1. The molecule has 2 aromatic carbocycles. The SMILES string of the molecule is CCCCNC(=O)Nc1ccc(S(=O)(=O)n2cc(CCC(=O)O)c3cc4c(cc32)OCO4)cc1. The summed E-state index contributed by atoms with van der Waals surface area (Å²) in [4.78, 5) is 23.1. The highest BCUT2D eigenvalue weighted by Crippen LogP contribution is 2.39. The van der Waals surface area contributed by atoms with E-state index in [1.54, 1.807) is 12.1 Å². The summed E-state index contributed by atoms with van der Waals surface area (Å²) in [5.41, 5.74) is 1.39. The molecule has 1 aliphatic rings. The van der Waals surface area contributed by atoms with Crippen molar-refractivity contribution in [3.8, 4) is 11.5 Å². The van der Waals surface area contributed by atoms with Crippen molar-refractivity contribution in [2.45, 2.75) is 37.5 Å². The Labute approximate surface area is 196 Å². The van der Waals surface area contributed by atoms with Gasteiger partial charge in [-0.1, -0.05) is 13.3 Å². The summed E-state index contributed by atoms with van der Waals surface area (Å²) in [6.45, 7) is 2.60. The standard InChI is InChI=1S/C23H25N3O7S/c1-2-3-10-24-23(29)25-16-5-7-17(8-6-16)34(30,31)26-13-15(4-9-22(27)28)18-11-20-21(12-19(18)26)33-14-32-20/h5-8,11-13H,2-4,9-10,14H2,1H3,(H,27,28)(H2,24,25,29). The number of unbranched alkanes of at least 4 members (excludes halogenated alkanes) is 1. The monoisotopic (exact) mass is 487 g/mol. The van der Waals surface area contributed by atoms with Crippen molar-refractivity contribution in [2.24, 2.45) is 0 Å². The van der Waals surface area contributed by atoms with Crippen molar-refractivity contribution in [1.29, 1.82) is 0 Å². The van der Waals surface area contributed by atoms with Crippen molar-refractivity contribution < 1.29 is 32.6 Å². The Bertz CT molecular complexity index is 1330. The fourth-order valence-electron chi connectivity index (χ4n) is 3.67. The zero-order valence-corrected chi connectivity index (χ0v) is 19.4. The number of amides is 2. The smallest absolute Gasteiger partial charge is 0.319 e. The first-order chi connectivity index (χ1) is 16.3. The number of ether oxygens (including phenoxy) is 2. The lowest BCUT2D eigenvalue weighted by Crippen LogP contribution is -2.29. The predicted octanol–water partition coefficient (Wildman–Crippen LogP) is 3.55. The van der Waals surface area contributed by atoms with E-state index in [2.05, 4.69) is 10.6 Å². The number of nitrogens with zero attached hydrogens (tertiary/aromatic N) is 1. The lowest BCUT2D eigenvalue weighted by atomic mass is 10.1. The zero-order valence-electron chi connectivity index (χ0n) is 18.5. The number of urea groups is 1. The highest BCUT2D eigenvalue weighted by atomic mass is 32.2. The molecular formula is C23H25N3O7S. The fraction of sp³-hybridized carbons (Fsp3) is 0.304.